The lowest BCUT2D eigenvalue weighted by atomic mass is 10.3. The van der Waals surface area contributed by atoms with Crippen molar-refractivity contribution in [3.63, 3.8) is 0 Å². The number of hydrogen-bond donors (Lipinski definition) is 1. The van der Waals surface area contributed by atoms with E-state index < -0.39 is 17.9 Å². The van der Waals surface area contributed by atoms with Crippen LogP contribution in [0.4, 0.5) is 19.0 Å². The van der Waals surface area contributed by atoms with Gasteiger partial charge in [0.1, 0.15) is 11.5 Å². The normalized spacial score (nSPS) is 10.8. The number of nitrogen functional groups attached to an aromatic ring is 1. The molecular weight excluding hydrogens is 284 g/mol. The second-order valence-electron chi connectivity index (χ2n) is 2.02. The molecule has 0 bridgehead atoms. The Hall–Kier alpha value is -0.530. The van der Waals surface area contributed by atoms with E-state index >= 15 is 0 Å². The molecule has 0 fully saturated rings. The van der Waals surface area contributed by atoms with Gasteiger partial charge in [0.05, 0.1) is 3.57 Å². The maximum Gasteiger partial charge on any atom is 0.283 e. The first-order chi connectivity index (χ1) is 5.52. The van der Waals surface area contributed by atoms with Crippen molar-refractivity contribution >= 4 is 28.4 Å². The molecule has 0 unspecified atom stereocenters. The van der Waals surface area contributed by atoms with Crippen LogP contribution in [0.25, 0.3) is 0 Å². The Labute approximate surface area is 80.1 Å². The van der Waals surface area contributed by atoms with Crippen molar-refractivity contribution in [3.8, 4) is 0 Å². The lowest BCUT2D eigenvalue weighted by Gasteiger charge is -2.03. The number of halogens is 4. The second-order valence-corrected chi connectivity index (χ2v) is 3.19. The highest BCUT2D eigenvalue weighted by atomic mass is 127. The van der Waals surface area contributed by atoms with Gasteiger partial charge < -0.3 is 5.73 Å². The fourth-order valence-electron chi connectivity index (χ4n) is 0.649. The number of aromatic nitrogens is 1. The van der Waals surface area contributed by atoms with Crippen molar-refractivity contribution in [2.24, 2.45) is 0 Å². The summed E-state index contributed by atoms with van der Waals surface area (Å²) in [5, 5.41) is 0. The van der Waals surface area contributed by atoms with E-state index in [2.05, 4.69) is 4.98 Å². The van der Waals surface area contributed by atoms with Crippen LogP contribution in [0.3, 0.4) is 0 Å². The zero-order chi connectivity index (χ0) is 9.30. The van der Waals surface area contributed by atoms with E-state index in [0.29, 0.717) is 3.57 Å². The van der Waals surface area contributed by atoms with Crippen LogP contribution in [0.5, 0.6) is 0 Å². The first kappa shape index (κ1) is 9.56. The molecule has 0 spiro atoms. The maximum atomic E-state index is 12.7. The Morgan fingerprint density at radius 2 is 2.08 bits per heavy atom. The van der Waals surface area contributed by atoms with Gasteiger partial charge in [0.15, 0.2) is 5.82 Å². The number of anilines is 1. The number of nitrogens with zero attached hydrogens (tertiary/aromatic N) is 1. The lowest BCUT2D eigenvalue weighted by Crippen LogP contribution is -2.02. The molecule has 2 N–H and O–H groups in total. The molecule has 0 aliphatic carbocycles. The van der Waals surface area contributed by atoms with Crippen LogP contribution in [0.15, 0.2) is 6.07 Å². The van der Waals surface area contributed by atoms with E-state index in [1.54, 1.807) is 22.6 Å². The molecule has 1 rings (SSSR count). The quantitative estimate of drug-likeness (QED) is 0.806. The molecule has 0 aromatic carbocycles. The summed E-state index contributed by atoms with van der Waals surface area (Å²) < 4.78 is 37.0. The van der Waals surface area contributed by atoms with Crippen LogP contribution in [0.2, 0.25) is 0 Å². The lowest BCUT2D eigenvalue weighted by molar-refractivity contribution is 0.140. The zero-order valence-electron chi connectivity index (χ0n) is 5.69. The molecule has 0 aliphatic heterocycles. The van der Waals surface area contributed by atoms with Crippen LogP contribution in [0, 0.1) is 9.39 Å². The zero-order valence-corrected chi connectivity index (χ0v) is 7.85. The number of hydrogen-bond acceptors (Lipinski definition) is 2. The van der Waals surface area contributed by atoms with Crippen LogP contribution in [-0.2, 0) is 0 Å². The van der Waals surface area contributed by atoms with E-state index in [9.17, 15) is 13.2 Å². The monoisotopic (exact) mass is 288 g/mol. The molecule has 0 aliphatic rings. The summed E-state index contributed by atoms with van der Waals surface area (Å²) >= 11 is 1.72. The third kappa shape index (κ3) is 1.79. The topological polar surface area (TPSA) is 38.9 Å². The van der Waals surface area contributed by atoms with Gasteiger partial charge in [0.2, 0.25) is 0 Å². The summed E-state index contributed by atoms with van der Waals surface area (Å²) in [7, 11) is 0. The van der Waals surface area contributed by atoms with Gasteiger partial charge in [-0.05, 0) is 28.7 Å². The molecule has 0 atom stereocenters. The van der Waals surface area contributed by atoms with Crippen molar-refractivity contribution in [3.05, 3.63) is 21.1 Å². The number of alkyl halides is 2. The van der Waals surface area contributed by atoms with Crippen LogP contribution in [-0.4, -0.2) is 4.98 Å². The van der Waals surface area contributed by atoms with Gasteiger partial charge in [-0.3, -0.25) is 0 Å². The number of nitrogens with two attached hydrogens (primary N) is 1. The minimum Gasteiger partial charge on any atom is -0.383 e. The highest BCUT2D eigenvalue weighted by Crippen LogP contribution is 2.23. The molecule has 6 heteroatoms. The van der Waals surface area contributed by atoms with Crippen LogP contribution in [0.1, 0.15) is 12.1 Å². The molecule has 1 heterocycles. The predicted molar refractivity (Wildman–Crippen MR) is 46.3 cm³/mol. The smallest absolute Gasteiger partial charge is 0.283 e. The first-order valence-corrected chi connectivity index (χ1v) is 4.00. The molecule has 2 nitrogen and oxygen atoms in total. The van der Waals surface area contributed by atoms with E-state index in [4.69, 9.17) is 5.73 Å². The first-order valence-electron chi connectivity index (χ1n) is 2.92. The molecule has 66 valence electrons. The molecule has 0 amide bonds. The highest BCUT2D eigenvalue weighted by Gasteiger charge is 2.16. The van der Waals surface area contributed by atoms with E-state index in [-0.39, 0.29) is 5.82 Å². The third-order valence-corrected chi connectivity index (χ3v) is 2.05. The number of rotatable bonds is 1. The van der Waals surface area contributed by atoms with Crippen molar-refractivity contribution in [2.75, 3.05) is 5.73 Å². The Morgan fingerprint density at radius 1 is 1.50 bits per heavy atom. The van der Waals surface area contributed by atoms with Gasteiger partial charge >= 0.3 is 0 Å². The Kier molecular flexibility index (Phi) is 2.76. The van der Waals surface area contributed by atoms with Gasteiger partial charge in [0.25, 0.3) is 6.43 Å². The summed E-state index contributed by atoms with van der Waals surface area (Å²) in [4.78, 5) is 3.22. The molecule has 1 aromatic heterocycles. The maximum absolute atomic E-state index is 12.7. The summed E-state index contributed by atoms with van der Waals surface area (Å²) in [6.07, 6.45) is -2.93. The van der Waals surface area contributed by atoms with Gasteiger partial charge in [0, 0.05) is 0 Å². The van der Waals surface area contributed by atoms with Crippen molar-refractivity contribution < 1.29 is 13.2 Å². The van der Waals surface area contributed by atoms with E-state index in [1.165, 1.54) is 0 Å². The Balaban J connectivity index is 3.23. The van der Waals surface area contributed by atoms with E-state index in [0.717, 1.165) is 6.07 Å². The summed E-state index contributed by atoms with van der Waals surface area (Å²) in [5.74, 6) is -1.10. The number of pyridine rings is 1. The minimum atomic E-state index is -2.93. The second kappa shape index (κ2) is 3.46. The Morgan fingerprint density at radius 3 is 2.58 bits per heavy atom. The van der Waals surface area contributed by atoms with Crippen molar-refractivity contribution in [1.82, 2.24) is 4.98 Å². The predicted octanol–water partition coefficient (Wildman–Crippen LogP) is 2.35. The minimum absolute atomic E-state index is 0.0766. The molecule has 0 saturated heterocycles. The summed E-state index contributed by atoms with van der Waals surface area (Å²) in [6, 6.07) is 0.935. The van der Waals surface area contributed by atoms with Gasteiger partial charge in [-0.15, -0.1) is 0 Å². The molecular formula is C6H4F3IN2. The fraction of sp³-hybridized carbons (Fsp3) is 0.167. The molecule has 1 aromatic rings. The van der Waals surface area contributed by atoms with Crippen molar-refractivity contribution in [2.45, 2.75) is 6.43 Å². The third-order valence-electron chi connectivity index (χ3n) is 1.19. The van der Waals surface area contributed by atoms with Crippen molar-refractivity contribution in [1.29, 1.82) is 0 Å². The van der Waals surface area contributed by atoms with Gasteiger partial charge in [-0.25, -0.2) is 18.2 Å². The highest BCUT2D eigenvalue weighted by molar-refractivity contribution is 14.1. The average Bonchev–Trinajstić information content (AvgIpc) is 1.96. The Bertz CT molecular complexity index is 303. The molecule has 0 radical (unpaired) electrons. The molecule has 12 heavy (non-hydrogen) atoms. The van der Waals surface area contributed by atoms with Crippen LogP contribution < -0.4 is 5.73 Å². The van der Waals surface area contributed by atoms with Gasteiger partial charge in [-0.1, -0.05) is 0 Å². The summed E-state index contributed by atoms with van der Waals surface area (Å²) in [6.45, 7) is 0. The van der Waals surface area contributed by atoms with E-state index in [1.807, 2.05) is 0 Å². The van der Waals surface area contributed by atoms with Crippen LogP contribution >= 0.6 is 22.6 Å². The summed E-state index contributed by atoms with van der Waals surface area (Å²) in [5.41, 5.74) is 4.31. The molecule has 0 saturated carbocycles. The fourth-order valence-corrected chi connectivity index (χ4v) is 1.04. The van der Waals surface area contributed by atoms with Gasteiger partial charge in [-0.2, -0.15) is 0 Å². The SMILES string of the molecule is Nc1nc(C(F)F)c(F)cc1I. The standard InChI is InChI=1S/C6H4F3IN2/c7-2-1-3(10)6(11)12-4(2)5(8)9/h1,5H,(H2,11,12). The average molecular weight is 288 g/mol. The largest absolute Gasteiger partial charge is 0.383 e.